The molecule has 0 unspecified atom stereocenters. The third-order valence-electron chi connectivity index (χ3n) is 3.49. The first-order chi connectivity index (χ1) is 10.8. The molecule has 0 spiro atoms. The van der Waals surface area contributed by atoms with E-state index in [9.17, 15) is 4.79 Å². The summed E-state index contributed by atoms with van der Waals surface area (Å²) in [7, 11) is 0. The van der Waals surface area contributed by atoms with E-state index in [1.165, 1.54) is 5.56 Å². The SMILES string of the molecule is CC(C)(C)c1ccc(C2=N/C(=C/c3ccc(Br)s3)C(=O)O2)cc1. The Balaban J connectivity index is 1.88. The molecule has 23 heavy (non-hydrogen) atoms. The van der Waals surface area contributed by atoms with Crippen molar-refractivity contribution >= 4 is 45.2 Å². The van der Waals surface area contributed by atoms with Gasteiger partial charge in [0.05, 0.1) is 3.79 Å². The predicted octanol–water partition coefficient (Wildman–Crippen LogP) is 5.15. The van der Waals surface area contributed by atoms with Crippen LogP contribution in [0.4, 0.5) is 0 Å². The zero-order valence-corrected chi connectivity index (χ0v) is 15.5. The number of hydrogen-bond acceptors (Lipinski definition) is 4. The molecule has 0 saturated heterocycles. The summed E-state index contributed by atoms with van der Waals surface area (Å²) in [5, 5.41) is 0. The molecule has 0 fully saturated rings. The summed E-state index contributed by atoms with van der Waals surface area (Å²) in [5.41, 5.74) is 2.45. The highest BCUT2D eigenvalue weighted by Crippen LogP contribution is 2.27. The highest BCUT2D eigenvalue weighted by molar-refractivity contribution is 9.11. The minimum Gasteiger partial charge on any atom is -0.402 e. The third kappa shape index (κ3) is 3.62. The van der Waals surface area contributed by atoms with Crippen molar-refractivity contribution in [3.63, 3.8) is 0 Å². The number of rotatable bonds is 2. The van der Waals surface area contributed by atoms with Gasteiger partial charge in [0.15, 0.2) is 5.70 Å². The van der Waals surface area contributed by atoms with Crippen molar-refractivity contribution in [3.8, 4) is 0 Å². The van der Waals surface area contributed by atoms with Gasteiger partial charge in [-0.05, 0) is 57.2 Å². The molecule has 2 heterocycles. The van der Waals surface area contributed by atoms with Gasteiger partial charge in [0.25, 0.3) is 0 Å². The van der Waals surface area contributed by atoms with E-state index in [0.717, 1.165) is 14.2 Å². The molecule has 2 aromatic rings. The molecule has 1 aliphatic heterocycles. The summed E-state index contributed by atoms with van der Waals surface area (Å²) in [6.45, 7) is 6.49. The number of ether oxygens (including phenoxy) is 1. The van der Waals surface area contributed by atoms with Crippen LogP contribution in [-0.2, 0) is 14.9 Å². The average molecular weight is 390 g/mol. The van der Waals surface area contributed by atoms with Gasteiger partial charge >= 0.3 is 5.97 Å². The number of benzene rings is 1. The van der Waals surface area contributed by atoms with Crippen molar-refractivity contribution < 1.29 is 9.53 Å². The smallest absolute Gasteiger partial charge is 0.363 e. The van der Waals surface area contributed by atoms with Gasteiger partial charge in [0.1, 0.15) is 0 Å². The molecule has 0 radical (unpaired) electrons. The fourth-order valence-electron chi connectivity index (χ4n) is 2.19. The maximum absolute atomic E-state index is 12.0. The summed E-state index contributed by atoms with van der Waals surface area (Å²) >= 11 is 4.95. The molecule has 1 aromatic carbocycles. The number of halogens is 1. The summed E-state index contributed by atoms with van der Waals surface area (Å²) in [4.78, 5) is 17.3. The Morgan fingerprint density at radius 3 is 2.39 bits per heavy atom. The highest BCUT2D eigenvalue weighted by Gasteiger charge is 2.24. The predicted molar refractivity (Wildman–Crippen MR) is 97.8 cm³/mol. The van der Waals surface area contributed by atoms with Crippen LogP contribution in [0.25, 0.3) is 6.08 Å². The lowest BCUT2D eigenvalue weighted by atomic mass is 9.87. The first-order valence-corrected chi connectivity index (χ1v) is 8.83. The fourth-order valence-corrected chi connectivity index (χ4v) is 3.55. The Kier molecular flexibility index (Phi) is 4.25. The van der Waals surface area contributed by atoms with Gasteiger partial charge in [-0.1, -0.05) is 32.9 Å². The van der Waals surface area contributed by atoms with Crippen molar-refractivity contribution in [1.29, 1.82) is 0 Å². The first-order valence-electron chi connectivity index (χ1n) is 7.22. The molecule has 0 amide bonds. The van der Waals surface area contributed by atoms with Gasteiger partial charge in [-0.15, -0.1) is 11.3 Å². The maximum Gasteiger partial charge on any atom is 0.363 e. The van der Waals surface area contributed by atoms with E-state index < -0.39 is 5.97 Å². The molecule has 5 heteroatoms. The van der Waals surface area contributed by atoms with Crippen LogP contribution < -0.4 is 0 Å². The van der Waals surface area contributed by atoms with E-state index in [1.807, 2.05) is 36.4 Å². The Hall–Kier alpha value is -1.72. The van der Waals surface area contributed by atoms with Crippen LogP contribution in [0, 0.1) is 0 Å². The van der Waals surface area contributed by atoms with Crippen LogP contribution in [0.5, 0.6) is 0 Å². The van der Waals surface area contributed by atoms with E-state index in [4.69, 9.17) is 4.74 Å². The molecule has 1 aliphatic rings. The summed E-state index contributed by atoms with van der Waals surface area (Å²) in [5.74, 6) is -0.0539. The fraction of sp³-hybridized carbons (Fsp3) is 0.222. The second-order valence-electron chi connectivity index (χ2n) is 6.31. The van der Waals surface area contributed by atoms with Gasteiger partial charge in [0, 0.05) is 10.4 Å². The Bertz CT molecular complexity index is 810. The van der Waals surface area contributed by atoms with Crippen LogP contribution in [0.3, 0.4) is 0 Å². The van der Waals surface area contributed by atoms with E-state index >= 15 is 0 Å². The number of carbonyl (C=O) groups is 1. The van der Waals surface area contributed by atoms with Crippen LogP contribution in [-0.4, -0.2) is 11.9 Å². The second kappa shape index (κ2) is 6.06. The minimum atomic E-state index is -0.413. The van der Waals surface area contributed by atoms with E-state index in [1.54, 1.807) is 17.4 Å². The lowest BCUT2D eigenvalue weighted by Crippen LogP contribution is -2.11. The van der Waals surface area contributed by atoms with Crippen molar-refractivity contribution in [2.24, 2.45) is 4.99 Å². The normalized spacial score (nSPS) is 16.6. The number of thiophene rings is 1. The first kappa shape index (κ1) is 16.1. The molecule has 0 aliphatic carbocycles. The van der Waals surface area contributed by atoms with Gasteiger partial charge in [-0.25, -0.2) is 9.79 Å². The number of hydrogen-bond donors (Lipinski definition) is 0. The zero-order chi connectivity index (χ0) is 16.6. The third-order valence-corrected chi connectivity index (χ3v) is 5.06. The summed E-state index contributed by atoms with van der Waals surface area (Å²) in [6, 6.07) is 11.8. The molecule has 3 nitrogen and oxygen atoms in total. The molecule has 3 rings (SSSR count). The minimum absolute atomic E-state index is 0.0876. The summed E-state index contributed by atoms with van der Waals surface area (Å²) < 4.78 is 6.31. The number of carbonyl (C=O) groups excluding carboxylic acids is 1. The standard InChI is InChI=1S/C18H16BrNO2S/c1-18(2,3)12-6-4-11(5-7-12)16-20-14(17(21)22-16)10-13-8-9-15(19)23-13/h4-10H,1-3H3/b14-10+. The molecule has 118 valence electrons. The number of aliphatic imine (C=N–C) groups is 1. The van der Waals surface area contributed by atoms with Crippen LogP contribution in [0.1, 0.15) is 36.8 Å². The van der Waals surface area contributed by atoms with Gasteiger partial charge in [0.2, 0.25) is 5.90 Å². The van der Waals surface area contributed by atoms with Gasteiger partial charge < -0.3 is 4.74 Å². The topological polar surface area (TPSA) is 38.7 Å². The van der Waals surface area contributed by atoms with Crippen molar-refractivity contribution in [2.75, 3.05) is 0 Å². The van der Waals surface area contributed by atoms with Crippen molar-refractivity contribution in [1.82, 2.24) is 0 Å². The molecule has 0 N–H and O–H groups in total. The lowest BCUT2D eigenvalue weighted by molar-refractivity contribution is -0.129. The molecular formula is C18H16BrNO2S. The monoisotopic (exact) mass is 389 g/mol. The van der Waals surface area contributed by atoms with Crippen molar-refractivity contribution in [3.05, 3.63) is 61.9 Å². The Labute approximate surface area is 147 Å². The van der Waals surface area contributed by atoms with E-state index in [2.05, 4.69) is 41.7 Å². The zero-order valence-electron chi connectivity index (χ0n) is 13.1. The maximum atomic E-state index is 12.0. The quantitative estimate of drug-likeness (QED) is 0.525. The summed E-state index contributed by atoms with van der Waals surface area (Å²) in [6.07, 6.45) is 1.74. The Morgan fingerprint density at radius 2 is 1.83 bits per heavy atom. The number of cyclic esters (lactones) is 1. The molecule has 0 bridgehead atoms. The molecule has 0 saturated carbocycles. The molecule has 1 aromatic heterocycles. The highest BCUT2D eigenvalue weighted by atomic mass is 79.9. The molecule has 0 atom stereocenters. The largest absolute Gasteiger partial charge is 0.402 e. The van der Waals surface area contributed by atoms with Crippen molar-refractivity contribution in [2.45, 2.75) is 26.2 Å². The van der Waals surface area contributed by atoms with E-state index in [-0.39, 0.29) is 5.41 Å². The number of nitrogens with zero attached hydrogens (tertiary/aromatic N) is 1. The number of esters is 1. The van der Waals surface area contributed by atoms with E-state index in [0.29, 0.717) is 11.6 Å². The van der Waals surface area contributed by atoms with Crippen LogP contribution >= 0.6 is 27.3 Å². The lowest BCUT2D eigenvalue weighted by Gasteiger charge is -2.18. The average Bonchev–Trinajstić information content (AvgIpc) is 3.05. The van der Waals surface area contributed by atoms with Crippen LogP contribution in [0.2, 0.25) is 0 Å². The second-order valence-corrected chi connectivity index (χ2v) is 8.80. The Morgan fingerprint density at radius 1 is 1.13 bits per heavy atom. The van der Waals surface area contributed by atoms with Crippen LogP contribution in [0.15, 0.2) is 50.9 Å². The molecular weight excluding hydrogens is 374 g/mol. The van der Waals surface area contributed by atoms with Gasteiger partial charge in [-0.3, -0.25) is 0 Å². The van der Waals surface area contributed by atoms with Gasteiger partial charge in [-0.2, -0.15) is 0 Å².